The number of carbonyl (C=O) groups excluding carboxylic acids is 2. The van der Waals surface area contributed by atoms with Gasteiger partial charge in [0.05, 0.1) is 5.69 Å². The normalized spacial score (nSPS) is 10.4. The molecule has 0 bridgehead atoms. The smallest absolute Gasteiger partial charge is 0.273 e. The number of nitrogens with zero attached hydrogens (tertiary/aromatic N) is 1. The molecule has 6 nitrogen and oxygen atoms in total. The molecule has 122 valence electrons. The van der Waals surface area contributed by atoms with Crippen molar-refractivity contribution in [2.24, 2.45) is 0 Å². The van der Waals surface area contributed by atoms with Gasteiger partial charge in [-0.25, -0.2) is 8.78 Å². The maximum atomic E-state index is 13.5. The summed E-state index contributed by atoms with van der Waals surface area (Å²) in [6, 6.07) is 3.07. The Bertz CT molecular complexity index is 748. The van der Waals surface area contributed by atoms with Crippen LogP contribution in [0.15, 0.2) is 18.2 Å². The van der Waals surface area contributed by atoms with E-state index in [-0.39, 0.29) is 28.4 Å². The van der Waals surface area contributed by atoms with E-state index in [0.29, 0.717) is 6.54 Å². The van der Waals surface area contributed by atoms with Crippen LogP contribution >= 0.6 is 11.5 Å². The zero-order chi connectivity index (χ0) is 17.0. The van der Waals surface area contributed by atoms with E-state index in [0.717, 1.165) is 23.7 Å². The zero-order valence-electron chi connectivity index (χ0n) is 12.2. The maximum Gasteiger partial charge on any atom is 0.273 e. The van der Waals surface area contributed by atoms with Gasteiger partial charge in [0.2, 0.25) is 0 Å². The lowest BCUT2D eigenvalue weighted by Crippen LogP contribution is -2.25. The van der Waals surface area contributed by atoms with E-state index in [4.69, 9.17) is 5.73 Å². The summed E-state index contributed by atoms with van der Waals surface area (Å²) in [7, 11) is 0. The quantitative estimate of drug-likeness (QED) is 0.771. The molecule has 0 unspecified atom stereocenters. The molecule has 0 atom stereocenters. The van der Waals surface area contributed by atoms with Crippen LogP contribution in [0.4, 0.5) is 14.5 Å². The Morgan fingerprint density at radius 2 is 2.00 bits per heavy atom. The van der Waals surface area contributed by atoms with Crippen molar-refractivity contribution in [2.75, 3.05) is 12.3 Å². The number of hydrogen-bond donors (Lipinski definition) is 3. The van der Waals surface area contributed by atoms with Crippen molar-refractivity contribution in [2.45, 2.75) is 13.5 Å². The van der Waals surface area contributed by atoms with Gasteiger partial charge < -0.3 is 16.4 Å². The van der Waals surface area contributed by atoms with Crippen molar-refractivity contribution in [1.82, 2.24) is 15.0 Å². The van der Waals surface area contributed by atoms with Gasteiger partial charge in [-0.05, 0) is 24.5 Å². The van der Waals surface area contributed by atoms with E-state index in [1.54, 1.807) is 6.92 Å². The lowest BCUT2D eigenvalue weighted by molar-refractivity contribution is 0.0950. The van der Waals surface area contributed by atoms with E-state index in [9.17, 15) is 18.4 Å². The summed E-state index contributed by atoms with van der Waals surface area (Å²) >= 11 is 0.779. The summed E-state index contributed by atoms with van der Waals surface area (Å²) in [5, 5.41) is 4.99. The van der Waals surface area contributed by atoms with Gasteiger partial charge in [-0.3, -0.25) is 9.59 Å². The van der Waals surface area contributed by atoms with Crippen LogP contribution in [0.1, 0.15) is 32.6 Å². The second-order valence-electron chi connectivity index (χ2n) is 4.55. The molecule has 1 aromatic carbocycles. The first kappa shape index (κ1) is 16.8. The van der Waals surface area contributed by atoms with Crippen LogP contribution in [0, 0.1) is 11.6 Å². The Morgan fingerprint density at radius 1 is 1.26 bits per heavy atom. The molecule has 0 fully saturated rings. The summed E-state index contributed by atoms with van der Waals surface area (Å²) in [4.78, 5) is 23.8. The largest absolute Gasteiger partial charge is 0.395 e. The summed E-state index contributed by atoms with van der Waals surface area (Å²) < 4.78 is 30.2. The lowest BCUT2D eigenvalue weighted by atomic mass is 10.2. The van der Waals surface area contributed by atoms with Crippen LogP contribution in [0.5, 0.6) is 0 Å². The minimum atomic E-state index is -0.759. The number of benzene rings is 1. The number of amides is 2. The number of rotatable bonds is 5. The molecule has 0 saturated heterocycles. The van der Waals surface area contributed by atoms with Crippen molar-refractivity contribution in [3.63, 3.8) is 0 Å². The Hall–Kier alpha value is -2.55. The second kappa shape index (κ2) is 7.14. The Labute approximate surface area is 134 Å². The molecular weight excluding hydrogens is 326 g/mol. The van der Waals surface area contributed by atoms with Crippen molar-refractivity contribution in [1.29, 1.82) is 0 Å². The Morgan fingerprint density at radius 3 is 2.65 bits per heavy atom. The predicted octanol–water partition coefficient (Wildman–Crippen LogP) is 1.68. The molecule has 2 aromatic rings. The molecule has 23 heavy (non-hydrogen) atoms. The average molecular weight is 340 g/mol. The van der Waals surface area contributed by atoms with Crippen molar-refractivity contribution < 1.29 is 18.4 Å². The minimum absolute atomic E-state index is 0.0186. The van der Waals surface area contributed by atoms with Gasteiger partial charge in [-0.15, -0.1) is 0 Å². The van der Waals surface area contributed by atoms with Crippen LogP contribution < -0.4 is 16.4 Å². The molecule has 1 aromatic heterocycles. The van der Waals surface area contributed by atoms with Crippen LogP contribution in [-0.2, 0) is 6.54 Å². The highest BCUT2D eigenvalue weighted by atomic mass is 32.1. The number of nitrogens with two attached hydrogens (primary N) is 1. The summed E-state index contributed by atoms with van der Waals surface area (Å²) in [5.74, 6) is -2.51. The van der Waals surface area contributed by atoms with E-state index in [2.05, 4.69) is 15.0 Å². The molecule has 0 saturated carbocycles. The van der Waals surface area contributed by atoms with Crippen molar-refractivity contribution in [3.05, 3.63) is 46.0 Å². The van der Waals surface area contributed by atoms with Gasteiger partial charge in [0.25, 0.3) is 11.8 Å². The molecule has 0 aliphatic rings. The molecule has 2 amide bonds. The molecule has 2 rings (SSSR count). The van der Waals surface area contributed by atoms with Crippen molar-refractivity contribution in [3.8, 4) is 0 Å². The SMILES string of the molecule is CCNC(=O)c1nsc(C(=O)NCc2ccc(F)cc2F)c1N. The van der Waals surface area contributed by atoms with E-state index < -0.39 is 23.4 Å². The topological polar surface area (TPSA) is 97.1 Å². The number of hydrogen-bond acceptors (Lipinski definition) is 5. The molecule has 0 aliphatic heterocycles. The van der Waals surface area contributed by atoms with E-state index in [1.165, 1.54) is 6.07 Å². The van der Waals surface area contributed by atoms with Gasteiger partial charge in [0.15, 0.2) is 5.69 Å². The average Bonchev–Trinajstić information content (AvgIpc) is 2.88. The highest BCUT2D eigenvalue weighted by molar-refractivity contribution is 7.09. The third-order valence-corrected chi connectivity index (χ3v) is 3.80. The molecule has 0 spiro atoms. The van der Waals surface area contributed by atoms with Crippen LogP contribution in [0.2, 0.25) is 0 Å². The van der Waals surface area contributed by atoms with Gasteiger partial charge in [-0.1, -0.05) is 6.07 Å². The molecule has 4 N–H and O–H groups in total. The number of nitrogens with one attached hydrogen (secondary N) is 2. The fourth-order valence-electron chi connectivity index (χ4n) is 1.79. The molecule has 0 aliphatic carbocycles. The number of anilines is 1. The summed E-state index contributed by atoms with van der Waals surface area (Å²) in [5.41, 5.74) is 5.84. The molecule has 1 heterocycles. The van der Waals surface area contributed by atoms with Crippen LogP contribution in [0.25, 0.3) is 0 Å². The highest BCUT2D eigenvalue weighted by Gasteiger charge is 2.21. The standard InChI is InChI=1S/C14H14F2N4O2S/c1-2-18-13(21)11-10(17)12(23-20-11)14(22)19-6-7-3-4-8(15)5-9(7)16/h3-5H,2,6,17H2,1H3,(H,18,21)(H,19,22). The first-order chi connectivity index (χ1) is 10.9. The first-order valence-electron chi connectivity index (χ1n) is 6.69. The van der Waals surface area contributed by atoms with Gasteiger partial charge in [0, 0.05) is 24.7 Å². The zero-order valence-corrected chi connectivity index (χ0v) is 13.0. The molecule has 0 radical (unpaired) electrons. The summed E-state index contributed by atoms with van der Waals surface area (Å²) in [6.45, 7) is 2.01. The minimum Gasteiger partial charge on any atom is -0.395 e. The number of nitrogen functional groups attached to an aromatic ring is 1. The number of carbonyl (C=O) groups is 2. The van der Waals surface area contributed by atoms with Gasteiger partial charge in [0.1, 0.15) is 16.5 Å². The molecule has 9 heteroatoms. The number of halogens is 2. The highest BCUT2D eigenvalue weighted by Crippen LogP contribution is 2.21. The fraction of sp³-hybridized carbons (Fsp3) is 0.214. The molecular formula is C14H14F2N4O2S. The van der Waals surface area contributed by atoms with Crippen LogP contribution in [-0.4, -0.2) is 22.7 Å². The Balaban J connectivity index is 2.08. The monoisotopic (exact) mass is 340 g/mol. The third kappa shape index (κ3) is 3.81. The predicted molar refractivity (Wildman–Crippen MR) is 82.1 cm³/mol. The first-order valence-corrected chi connectivity index (χ1v) is 7.46. The fourth-order valence-corrected chi connectivity index (χ4v) is 2.50. The van der Waals surface area contributed by atoms with E-state index in [1.807, 2.05) is 0 Å². The number of aromatic nitrogens is 1. The summed E-state index contributed by atoms with van der Waals surface area (Å²) in [6.07, 6.45) is 0. The maximum absolute atomic E-state index is 13.5. The lowest BCUT2D eigenvalue weighted by Gasteiger charge is -2.06. The van der Waals surface area contributed by atoms with Crippen molar-refractivity contribution >= 4 is 29.0 Å². The second-order valence-corrected chi connectivity index (χ2v) is 5.33. The third-order valence-electron chi connectivity index (χ3n) is 2.94. The Kier molecular flexibility index (Phi) is 5.22. The van der Waals surface area contributed by atoms with E-state index >= 15 is 0 Å². The van der Waals surface area contributed by atoms with Crippen LogP contribution in [0.3, 0.4) is 0 Å². The van der Waals surface area contributed by atoms with Gasteiger partial charge >= 0.3 is 0 Å². The van der Waals surface area contributed by atoms with Gasteiger partial charge in [-0.2, -0.15) is 4.37 Å².